The summed E-state index contributed by atoms with van der Waals surface area (Å²) in [5, 5.41) is 19.3. The van der Waals surface area contributed by atoms with Crippen molar-refractivity contribution in [1.29, 1.82) is 10.5 Å². The second kappa shape index (κ2) is 14.4. The van der Waals surface area contributed by atoms with Gasteiger partial charge in [0, 0.05) is 18.0 Å². The highest BCUT2D eigenvalue weighted by Gasteiger charge is 2.19. The van der Waals surface area contributed by atoms with E-state index in [4.69, 9.17) is 9.47 Å². The second-order valence-corrected chi connectivity index (χ2v) is 8.78. The number of ether oxygens (including phenoxy) is 2. The monoisotopic (exact) mass is 496 g/mol. The molecule has 0 fully saturated rings. The summed E-state index contributed by atoms with van der Waals surface area (Å²) in [4.78, 5) is 21.6. The van der Waals surface area contributed by atoms with Crippen LogP contribution in [-0.4, -0.2) is 22.5 Å². The number of unbranched alkanes of at least 4 members (excludes halogenated alkanes) is 5. The van der Waals surface area contributed by atoms with Crippen molar-refractivity contribution in [3.63, 3.8) is 0 Å². The third-order valence-electron chi connectivity index (χ3n) is 5.93. The summed E-state index contributed by atoms with van der Waals surface area (Å²) >= 11 is 0. The molecule has 0 N–H and O–H groups in total. The molecule has 37 heavy (non-hydrogen) atoms. The molecule has 0 saturated carbocycles. The Bertz CT molecular complexity index is 1260. The van der Waals surface area contributed by atoms with Gasteiger partial charge in [0.1, 0.15) is 29.0 Å². The van der Waals surface area contributed by atoms with Gasteiger partial charge in [0.15, 0.2) is 11.6 Å². The predicted octanol–water partition coefficient (Wildman–Crippen LogP) is 6.80. The summed E-state index contributed by atoms with van der Waals surface area (Å²) in [6, 6.07) is 13.8. The Morgan fingerprint density at radius 1 is 0.811 bits per heavy atom. The zero-order valence-corrected chi connectivity index (χ0v) is 21.5. The molecule has 3 aromatic rings. The van der Waals surface area contributed by atoms with Crippen LogP contribution in [0, 0.1) is 22.7 Å². The number of carbonyl (C=O) groups is 1. The Balaban J connectivity index is 1.66. The summed E-state index contributed by atoms with van der Waals surface area (Å²) in [7, 11) is 0. The number of hydrogen-bond donors (Lipinski definition) is 0. The van der Waals surface area contributed by atoms with Gasteiger partial charge in [-0.25, -0.2) is 14.8 Å². The van der Waals surface area contributed by atoms with Crippen molar-refractivity contribution in [3.05, 3.63) is 71.0 Å². The van der Waals surface area contributed by atoms with Gasteiger partial charge >= 0.3 is 5.97 Å². The molecule has 0 spiro atoms. The fourth-order valence-electron chi connectivity index (χ4n) is 3.89. The molecule has 0 aliphatic heterocycles. The number of nitriles is 2. The predicted molar refractivity (Wildman–Crippen MR) is 141 cm³/mol. The molecular formula is C30H32N4O3. The van der Waals surface area contributed by atoms with Crippen LogP contribution >= 0.6 is 0 Å². The fraction of sp³-hybridized carbons (Fsp3) is 0.367. The lowest BCUT2D eigenvalue weighted by Gasteiger charge is -2.12. The normalized spacial score (nSPS) is 10.4. The second-order valence-electron chi connectivity index (χ2n) is 8.78. The van der Waals surface area contributed by atoms with Crippen molar-refractivity contribution in [2.45, 2.75) is 65.2 Å². The van der Waals surface area contributed by atoms with Crippen molar-refractivity contribution >= 4 is 5.97 Å². The van der Waals surface area contributed by atoms with E-state index in [9.17, 15) is 15.3 Å². The molecule has 0 amide bonds. The Labute approximate surface area is 218 Å². The number of aryl methyl sites for hydroxylation is 1. The van der Waals surface area contributed by atoms with Crippen molar-refractivity contribution in [2.75, 3.05) is 6.61 Å². The highest BCUT2D eigenvalue weighted by atomic mass is 16.5. The van der Waals surface area contributed by atoms with Crippen LogP contribution in [0.2, 0.25) is 0 Å². The molecule has 0 aliphatic rings. The molecule has 0 radical (unpaired) electrons. The lowest BCUT2D eigenvalue weighted by atomic mass is 10.1. The van der Waals surface area contributed by atoms with E-state index in [1.807, 2.05) is 24.5 Å². The van der Waals surface area contributed by atoms with Gasteiger partial charge in [0.2, 0.25) is 0 Å². The maximum atomic E-state index is 12.8. The van der Waals surface area contributed by atoms with Gasteiger partial charge in [0.05, 0.1) is 12.2 Å². The van der Waals surface area contributed by atoms with E-state index >= 15 is 0 Å². The molecule has 7 heteroatoms. The van der Waals surface area contributed by atoms with Crippen LogP contribution in [0.25, 0.3) is 11.4 Å². The van der Waals surface area contributed by atoms with E-state index in [-0.39, 0.29) is 16.9 Å². The van der Waals surface area contributed by atoms with Gasteiger partial charge in [-0.15, -0.1) is 0 Å². The first kappa shape index (κ1) is 27.4. The van der Waals surface area contributed by atoms with Gasteiger partial charge in [-0.3, -0.25) is 0 Å². The van der Waals surface area contributed by atoms with Crippen LogP contribution < -0.4 is 9.47 Å². The average molecular weight is 497 g/mol. The van der Waals surface area contributed by atoms with Gasteiger partial charge in [-0.1, -0.05) is 64.5 Å². The van der Waals surface area contributed by atoms with E-state index < -0.39 is 5.97 Å². The molecule has 0 unspecified atom stereocenters. The van der Waals surface area contributed by atoms with E-state index in [1.54, 1.807) is 30.3 Å². The van der Waals surface area contributed by atoms with Crippen LogP contribution in [0.15, 0.2) is 48.8 Å². The summed E-state index contributed by atoms with van der Waals surface area (Å²) in [6.07, 6.45) is 12.3. The van der Waals surface area contributed by atoms with Gasteiger partial charge in [-0.2, -0.15) is 10.5 Å². The first-order chi connectivity index (χ1) is 18.1. The fourth-order valence-corrected chi connectivity index (χ4v) is 3.89. The van der Waals surface area contributed by atoms with Gasteiger partial charge in [0.25, 0.3) is 0 Å². The lowest BCUT2D eigenvalue weighted by molar-refractivity contribution is 0.0734. The number of nitrogens with zero attached hydrogens (tertiary/aromatic N) is 4. The van der Waals surface area contributed by atoms with E-state index in [0.717, 1.165) is 43.2 Å². The summed E-state index contributed by atoms with van der Waals surface area (Å²) in [5.41, 5.74) is 2.20. The highest BCUT2D eigenvalue weighted by molar-refractivity contribution is 5.92. The van der Waals surface area contributed by atoms with Crippen molar-refractivity contribution in [2.24, 2.45) is 0 Å². The molecule has 7 nitrogen and oxygen atoms in total. The van der Waals surface area contributed by atoms with Crippen LogP contribution in [-0.2, 0) is 6.42 Å². The SMILES string of the molecule is CCCCCCCCOc1ccc(OC(=O)c2ccc(-c3ncc(CCC)cn3)cc2)c(C#N)c1C#N. The Morgan fingerprint density at radius 2 is 1.43 bits per heavy atom. The highest BCUT2D eigenvalue weighted by Crippen LogP contribution is 2.30. The molecule has 2 aromatic carbocycles. The molecule has 0 saturated heterocycles. The molecule has 0 atom stereocenters. The largest absolute Gasteiger partial charge is 0.492 e. The Hall–Kier alpha value is -4.23. The minimum atomic E-state index is -0.633. The molecule has 1 aromatic heterocycles. The quantitative estimate of drug-likeness (QED) is 0.145. The number of esters is 1. The zero-order chi connectivity index (χ0) is 26.5. The molecule has 190 valence electrons. The number of hydrogen-bond acceptors (Lipinski definition) is 7. The number of aromatic nitrogens is 2. The zero-order valence-electron chi connectivity index (χ0n) is 21.5. The Morgan fingerprint density at radius 3 is 2.08 bits per heavy atom. The van der Waals surface area contributed by atoms with Crippen molar-refractivity contribution in [1.82, 2.24) is 9.97 Å². The molecule has 0 bridgehead atoms. The third kappa shape index (κ3) is 7.62. The molecule has 1 heterocycles. The topological polar surface area (TPSA) is 109 Å². The first-order valence-electron chi connectivity index (χ1n) is 12.8. The van der Waals surface area contributed by atoms with Crippen LogP contribution in [0.3, 0.4) is 0 Å². The van der Waals surface area contributed by atoms with Gasteiger partial charge < -0.3 is 9.47 Å². The number of rotatable bonds is 13. The minimum absolute atomic E-state index is 0.0199. The molecule has 3 rings (SSSR count). The maximum Gasteiger partial charge on any atom is 0.343 e. The van der Waals surface area contributed by atoms with Crippen molar-refractivity contribution < 1.29 is 14.3 Å². The first-order valence-corrected chi connectivity index (χ1v) is 12.8. The summed E-state index contributed by atoms with van der Waals surface area (Å²) in [5.74, 6) is 0.283. The van der Waals surface area contributed by atoms with Crippen molar-refractivity contribution in [3.8, 4) is 35.0 Å². The van der Waals surface area contributed by atoms with E-state index in [0.29, 0.717) is 23.7 Å². The summed E-state index contributed by atoms with van der Waals surface area (Å²) < 4.78 is 11.3. The molecule has 0 aliphatic carbocycles. The summed E-state index contributed by atoms with van der Waals surface area (Å²) in [6.45, 7) is 4.74. The Kier molecular flexibility index (Phi) is 10.6. The average Bonchev–Trinajstić information content (AvgIpc) is 2.93. The molecular weight excluding hydrogens is 464 g/mol. The van der Waals surface area contributed by atoms with Crippen LogP contribution in [0.4, 0.5) is 0 Å². The number of carbonyl (C=O) groups excluding carboxylic acids is 1. The number of benzene rings is 2. The standard InChI is InChI=1S/C30H32N4O3/c1-3-5-6-7-8-9-17-36-27-15-16-28(26(19-32)25(27)18-31)37-30(35)24-13-11-23(12-14-24)29-33-20-22(10-4-2)21-34-29/h11-16,20-21H,3-10,17H2,1-2H3. The minimum Gasteiger partial charge on any atom is -0.492 e. The van der Waals surface area contributed by atoms with E-state index in [2.05, 4.69) is 23.8 Å². The maximum absolute atomic E-state index is 12.8. The third-order valence-corrected chi connectivity index (χ3v) is 5.93. The lowest BCUT2D eigenvalue weighted by Crippen LogP contribution is -2.10. The van der Waals surface area contributed by atoms with Gasteiger partial charge in [-0.05, 0) is 42.7 Å². The van der Waals surface area contributed by atoms with Crippen LogP contribution in [0.5, 0.6) is 11.5 Å². The van der Waals surface area contributed by atoms with Crippen LogP contribution in [0.1, 0.15) is 85.8 Å². The smallest absolute Gasteiger partial charge is 0.343 e. The van der Waals surface area contributed by atoms with E-state index in [1.165, 1.54) is 25.3 Å².